The number of pyridine rings is 1. The van der Waals surface area contributed by atoms with Crippen LogP contribution in [-0.2, 0) is 4.79 Å². The molecule has 0 saturated heterocycles. The number of rotatable bonds is 5. The van der Waals surface area contributed by atoms with Crippen LogP contribution in [0.5, 0.6) is 0 Å². The summed E-state index contributed by atoms with van der Waals surface area (Å²) in [5, 5.41) is 10.8. The molecule has 0 aliphatic heterocycles. The fourth-order valence-corrected chi connectivity index (χ4v) is 3.09. The summed E-state index contributed by atoms with van der Waals surface area (Å²) in [6.07, 6.45) is 8.85. The van der Waals surface area contributed by atoms with Crippen LogP contribution in [0.2, 0.25) is 0 Å². The third-order valence-electron chi connectivity index (χ3n) is 4.42. The zero-order valence-electron chi connectivity index (χ0n) is 13.9. The van der Waals surface area contributed by atoms with Crippen molar-refractivity contribution < 1.29 is 4.79 Å². The summed E-state index contributed by atoms with van der Waals surface area (Å²) in [4.78, 5) is 20.1. The number of nitrogens with one attached hydrogen (secondary N) is 3. The van der Waals surface area contributed by atoms with Gasteiger partial charge in [0, 0.05) is 47.8 Å². The number of H-pyrrole nitrogens is 2. The molecule has 26 heavy (non-hydrogen) atoms. The molecular weight excluding hydrogens is 328 g/mol. The van der Waals surface area contributed by atoms with Crippen LogP contribution in [0.3, 0.4) is 0 Å². The Morgan fingerprint density at radius 3 is 2.85 bits per heavy atom. The van der Waals surface area contributed by atoms with Crippen molar-refractivity contribution in [1.29, 1.82) is 0 Å². The van der Waals surface area contributed by atoms with Crippen molar-refractivity contribution in [3.63, 3.8) is 0 Å². The Morgan fingerprint density at radius 1 is 1.19 bits per heavy atom. The molecular formula is C19H18N6O. The molecule has 7 nitrogen and oxygen atoms in total. The van der Waals surface area contributed by atoms with E-state index in [1.807, 2.05) is 36.7 Å². The van der Waals surface area contributed by atoms with E-state index in [4.69, 9.17) is 5.73 Å². The molecule has 0 spiro atoms. The van der Waals surface area contributed by atoms with Gasteiger partial charge in [-0.2, -0.15) is 5.10 Å². The number of aromatic amines is 2. The minimum Gasteiger partial charge on any atom is -0.359 e. The smallest absolute Gasteiger partial charge is 0.233 e. The van der Waals surface area contributed by atoms with Crippen molar-refractivity contribution in [2.24, 2.45) is 5.73 Å². The lowest BCUT2D eigenvalue weighted by molar-refractivity contribution is -0.117. The molecule has 3 aromatic heterocycles. The molecule has 1 atom stereocenters. The van der Waals surface area contributed by atoms with E-state index in [1.54, 1.807) is 24.7 Å². The number of anilines is 1. The monoisotopic (exact) mass is 346 g/mol. The van der Waals surface area contributed by atoms with Crippen LogP contribution in [-0.4, -0.2) is 32.6 Å². The van der Waals surface area contributed by atoms with Gasteiger partial charge in [0.25, 0.3) is 0 Å². The van der Waals surface area contributed by atoms with E-state index in [9.17, 15) is 4.79 Å². The molecule has 0 bridgehead atoms. The number of amides is 1. The summed E-state index contributed by atoms with van der Waals surface area (Å²) in [5.41, 5.74) is 10.2. The minimum absolute atomic E-state index is 0.160. The number of aromatic nitrogens is 4. The second-order valence-corrected chi connectivity index (χ2v) is 5.98. The average Bonchev–Trinajstić information content (AvgIpc) is 3.33. The number of fused-ring (bicyclic) bond motifs is 1. The van der Waals surface area contributed by atoms with Gasteiger partial charge < -0.3 is 16.0 Å². The largest absolute Gasteiger partial charge is 0.359 e. The van der Waals surface area contributed by atoms with Crippen molar-refractivity contribution in [1.82, 2.24) is 20.2 Å². The van der Waals surface area contributed by atoms with Gasteiger partial charge in [-0.25, -0.2) is 0 Å². The number of hydrogen-bond donors (Lipinski definition) is 4. The van der Waals surface area contributed by atoms with Crippen molar-refractivity contribution in [3.8, 4) is 11.1 Å². The summed E-state index contributed by atoms with van der Waals surface area (Å²) in [7, 11) is 0. The van der Waals surface area contributed by atoms with Crippen LogP contribution in [0.4, 0.5) is 5.69 Å². The van der Waals surface area contributed by atoms with Gasteiger partial charge in [0.1, 0.15) is 0 Å². The molecule has 0 unspecified atom stereocenters. The van der Waals surface area contributed by atoms with Crippen molar-refractivity contribution in [2.75, 3.05) is 11.9 Å². The zero-order chi connectivity index (χ0) is 17.9. The van der Waals surface area contributed by atoms with Crippen LogP contribution in [0, 0.1) is 0 Å². The maximum Gasteiger partial charge on any atom is 0.233 e. The highest BCUT2D eigenvalue weighted by Gasteiger charge is 2.20. The van der Waals surface area contributed by atoms with E-state index in [2.05, 4.69) is 25.5 Å². The number of nitrogens with two attached hydrogens (primary N) is 1. The molecule has 130 valence electrons. The van der Waals surface area contributed by atoms with Crippen molar-refractivity contribution in [3.05, 3.63) is 66.9 Å². The van der Waals surface area contributed by atoms with Crippen molar-refractivity contribution in [2.45, 2.75) is 5.92 Å². The zero-order valence-corrected chi connectivity index (χ0v) is 13.9. The van der Waals surface area contributed by atoms with Crippen LogP contribution in [0.1, 0.15) is 11.5 Å². The lowest BCUT2D eigenvalue weighted by Gasteiger charge is -2.15. The number of hydrogen-bond acceptors (Lipinski definition) is 4. The lowest BCUT2D eigenvalue weighted by Crippen LogP contribution is -2.27. The number of benzene rings is 1. The van der Waals surface area contributed by atoms with E-state index in [0.717, 1.165) is 27.6 Å². The highest BCUT2D eigenvalue weighted by molar-refractivity contribution is 6.07. The maximum absolute atomic E-state index is 12.8. The van der Waals surface area contributed by atoms with Gasteiger partial charge in [0.2, 0.25) is 5.91 Å². The highest BCUT2D eigenvalue weighted by Crippen LogP contribution is 2.32. The predicted octanol–water partition coefficient (Wildman–Crippen LogP) is 2.63. The van der Waals surface area contributed by atoms with E-state index < -0.39 is 5.92 Å². The summed E-state index contributed by atoms with van der Waals surface area (Å²) >= 11 is 0. The Kier molecular flexibility index (Phi) is 4.20. The van der Waals surface area contributed by atoms with E-state index in [-0.39, 0.29) is 12.5 Å². The molecule has 1 amide bonds. The Hall–Kier alpha value is -3.45. The van der Waals surface area contributed by atoms with Crippen molar-refractivity contribution >= 4 is 22.5 Å². The molecule has 0 aliphatic rings. The Labute approximate surface area is 149 Å². The first-order valence-electron chi connectivity index (χ1n) is 8.28. The molecule has 1 aromatic carbocycles. The average molecular weight is 346 g/mol. The first-order chi connectivity index (χ1) is 12.8. The second kappa shape index (κ2) is 6.81. The lowest BCUT2D eigenvalue weighted by atomic mass is 10.00. The molecule has 4 rings (SSSR count). The predicted molar refractivity (Wildman–Crippen MR) is 101 cm³/mol. The van der Waals surface area contributed by atoms with E-state index in [0.29, 0.717) is 5.69 Å². The second-order valence-electron chi connectivity index (χ2n) is 5.98. The number of carbonyl (C=O) groups is 1. The van der Waals surface area contributed by atoms with Crippen LogP contribution >= 0.6 is 0 Å². The van der Waals surface area contributed by atoms with Crippen LogP contribution in [0.15, 0.2) is 61.3 Å². The highest BCUT2D eigenvalue weighted by atomic mass is 16.1. The van der Waals surface area contributed by atoms with Crippen LogP contribution in [0.25, 0.3) is 22.0 Å². The van der Waals surface area contributed by atoms with Gasteiger partial charge in [-0.15, -0.1) is 0 Å². The minimum atomic E-state index is -0.456. The quantitative estimate of drug-likeness (QED) is 0.445. The standard InChI is InChI=1S/C19H18N6O/c20-7-15(12-3-2-6-21-8-12)19(26)25-17-5-1-4-14-16(11-22-18(14)17)13-9-23-24-10-13/h1-6,8-11,15,22H,7,20H2,(H,23,24)(H,25,26)/t15-/m1/s1. The maximum atomic E-state index is 12.8. The van der Waals surface area contributed by atoms with Gasteiger partial charge in [-0.3, -0.25) is 14.9 Å². The number of carbonyl (C=O) groups excluding carboxylic acids is 1. The molecule has 7 heteroatoms. The first kappa shape index (κ1) is 16.0. The van der Waals surface area contributed by atoms with Gasteiger partial charge in [-0.05, 0) is 17.7 Å². The molecule has 4 aromatic rings. The fraction of sp³-hybridized carbons (Fsp3) is 0.105. The van der Waals surface area contributed by atoms with Gasteiger partial charge in [0.05, 0.1) is 23.3 Å². The number of para-hydroxylation sites is 1. The normalized spacial score (nSPS) is 12.2. The van der Waals surface area contributed by atoms with Gasteiger partial charge in [0.15, 0.2) is 0 Å². The molecule has 0 fully saturated rings. The van der Waals surface area contributed by atoms with E-state index in [1.165, 1.54) is 0 Å². The summed E-state index contributed by atoms with van der Waals surface area (Å²) < 4.78 is 0. The Morgan fingerprint density at radius 2 is 2.12 bits per heavy atom. The summed E-state index contributed by atoms with van der Waals surface area (Å²) in [5.74, 6) is -0.616. The Bertz CT molecular complexity index is 1020. The first-order valence-corrected chi connectivity index (χ1v) is 8.28. The third-order valence-corrected chi connectivity index (χ3v) is 4.42. The van der Waals surface area contributed by atoms with E-state index >= 15 is 0 Å². The summed E-state index contributed by atoms with van der Waals surface area (Å²) in [6.45, 7) is 0.207. The fourth-order valence-electron chi connectivity index (χ4n) is 3.09. The molecule has 5 N–H and O–H groups in total. The number of nitrogens with zero attached hydrogens (tertiary/aromatic N) is 2. The molecule has 0 radical (unpaired) electrons. The SMILES string of the molecule is NC[C@@H](C(=O)Nc1cccc2c(-c3cn[nH]c3)c[nH]c12)c1cccnc1. The molecule has 0 aliphatic carbocycles. The summed E-state index contributed by atoms with van der Waals surface area (Å²) in [6, 6.07) is 9.44. The topological polar surface area (TPSA) is 112 Å². The molecule has 0 saturated carbocycles. The van der Waals surface area contributed by atoms with Gasteiger partial charge >= 0.3 is 0 Å². The van der Waals surface area contributed by atoms with Crippen LogP contribution < -0.4 is 11.1 Å². The third kappa shape index (κ3) is 2.84. The Balaban J connectivity index is 1.66. The van der Waals surface area contributed by atoms with Gasteiger partial charge in [-0.1, -0.05) is 18.2 Å². The molecule has 3 heterocycles.